The van der Waals surface area contributed by atoms with E-state index in [4.69, 9.17) is 16.1 Å². The molecule has 0 spiro atoms. The SMILES string of the molecule is O=S(=O)(c1ccc(Cc2nc(-c3cncc(Cl)c3)no2)cc1)N1CCCCC1. The zero-order valence-corrected chi connectivity index (χ0v) is 16.7. The van der Waals surface area contributed by atoms with E-state index in [1.807, 2.05) is 0 Å². The van der Waals surface area contributed by atoms with E-state index < -0.39 is 10.0 Å². The molecule has 1 saturated heterocycles. The molecule has 28 heavy (non-hydrogen) atoms. The highest BCUT2D eigenvalue weighted by atomic mass is 35.5. The first-order valence-corrected chi connectivity index (χ1v) is 10.9. The molecule has 0 unspecified atom stereocenters. The van der Waals surface area contributed by atoms with Gasteiger partial charge >= 0.3 is 0 Å². The van der Waals surface area contributed by atoms with Crippen molar-refractivity contribution in [2.45, 2.75) is 30.6 Å². The zero-order chi connectivity index (χ0) is 19.6. The van der Waals surface area contributed by atoms with Crippen molar-refractivity contribution in [2.24, 2.45) is 0 Å². The summed E-state index contributed by atoms with van der Waals surface area (Å²) in [6.45, 7) is 1.18. The largest absolute Gasteiger partial charge is 0.339 e. The molecule has 3 aromatic rings. The van der Waals surface area contributed by atoms with Gasteiger partial charge in [0.25, 0.3) is 0 Å². The van der Waals surface area contributed by atoms with Gasteiger partial charge < -0.3 is 4.52 Å². The van der Waals surface area contributed by atoms with E-state index in [0.717, 1.165) is 24.8 Å². The van der Waals surface area contributed by atoms with Gasteiger partial charge in [0, 0.05) is 31.0 Å². The predicted molar refractivity (Wildman–Crippen MR) is 104 cm³/mol. The molecule has 0 amide bonds. The van der Waals surface area contributed by atoms with Crippen molar-refractivity contribution in [3.8, 4) is 11.4 Å². The predicted octanol–water partition coefficient (Wildman–Crippen LogP) is 3.55. The van der Waals surface area contributed by atoms with Gasteiger partial charge in [-0.1, -0.05) is 35.3 Å². The van der Waals surface area contributed by atoms with E-state index in [2.05, 4.69) is 15.1 Å². The Morgan fingerprint density at radius 3 is 2.54 bits per heavy atom. The number of benzene rings is 1. The number of aromatic nitrogens is 3. The Morgan fingerprint density at radius 1 is 1.07 bits per heavy atom. The van der Waals surface area contributed by atoms with Crippen LogP contribution in [0.5, 0.6) is 0 Å². The van der Waals surface area contributed by atoms with Gasteiger partial charge in [0.05, 0.1) is 16.3 Å². The molecule has 9 heteroatoms. The lowest BCUT2D eigenvalue weighted by molar-refractivity contribution is 0.346. The van der Waals surface area contributed by atoms with E-state index in [0.29, 0.717) is 46.7 Å². The Labute approximate surface area is 168 Å². The van der Waals surface area contributed by atoms with Crippen LogP contribution >= 0.6 is 11.6 Å². The summed E-state index contributed by atoms with van der Waals surface area (Å²) < 4.78 is 32.3. The van der Waals surface area contributed by atoms with Crippen LogP contribution in [-0.2, 0) is 16.4 Å². The number of piperidine rings is 1. The maximum Gasteiger partial charge on any atom is 0.243 e. The maximum absolute atomic E-state index is 12.7. The summed E-state index contributed by atoms with van der Waals surface area (Å²) in [6.07, 6.45) is 6.47. The molecule has 4 rings (SSSR count). The zero-order valence-electron chi connectivity index (χ0n) is 15.1. The Bertz CT molecular complexity index is 1060. The fraction of sp³-hybridized carbons (Fsp3) is 0.316. The molecular weight excluding hydrogens is 400 g/mol. The van der Waals surface area contributed by atoms with Gasteiger partial charge in [-0.3, -0.25) is 4.98 Å². The van der Waals surface area contributed by atoms with Crippen molar-refractivity contribution in [3.05, 3.63) is 59.2 Å². The molecule has 2 aromatic heterocycles. The highest BCUT2D eigenvalue weighted by molar-refractivity contribution is 7.89. The first kappa shape index (κ1) is 19.0. The van der Waals surface area contributed by atoms with Crippen LogP contribution in [0, 0.1) is 0 Å². The molecule has 0 radical (unpaired) electrons. The second-order valence-corrected chi connectivity index (χ2v) is 9.06. The summed E-state index contributed by atoms with van der Waals surface area (Å²) in [7, 11) is -3.43. The molecule has 7 nitrogen and oxygen atoms in total. The van der Waals surface area contributed by atoms with Crippen LogP contribution in [0.1, 0.15) is 30.7 Å². The minimum atomic E-state index is -3.43. The third kappa shape index (κ3) is 4.09. The van der Waals surface area contributed by atoms with Gasteiger partial charge in [0.1, 0.15) is 0 Å². The van der Waals surface area contributed by atoms with Crippen LogP contribution in [0.15, 0.2) is 52.1 Å². The van der Waals surface area contributed by atoms with Crippen LogP contribution in [-0.4, -0.2) is 40.9 Å². The van der Waals surface area contributed by atoms with Crippen LogP contribution in [0.3, 0.4) is 0 Å². The lowest BCUT2D eigenvalue weighted by Gasteiger charge is -2.25. The fourth-order valence-electron chi connectivity index (χ4n) is 3.19. The number of rotatable bonds is 5. The number of nitrogens with zero attached hydrogens (tertiary/aromatic N) is 4. The smallest absolute Gasteiger partial charge is 0.243 e. The third-order valence-corrected chi connectivity index (χ3v) is 6.78. The monoisotopic (exact) mass is 418 g/mol. The van der Waals surface area contributed by atoms with Crippen molar-refractivity contribution in [1.82, 2.24) is 19.4 Å². The molecule has 0 saturated carbocycles. The van der Waals surface area contributed by atoms with Crippen LogP contribution in [0.25, 0.3) is 11.4 Å². The Kier molecular flexibility index (Phi) is 5.43. The van der Waals surface area contributed by atoms with Crippen molar-refractivity contribution >= 4 is 21.6 Å². The van der Waals surface area contributed by atoms with Crippen LogP contribution in [0.2, 0.25) is 5.02 Å². The minimum Gasteiger partial charge on any atom is -0.339 e. The summed E-state index contributed by atoms with van der Waals surface area (Å²) in [5, 5.41) is 4.45. The van der Waals surface area contributed by atoms with Crippen molar-refractivity contribution in [2.75, 3.05) is 13.1 Å². The average molecular weight is 419 g/mol. The maximum atomic E-state index is 12.7. The molecule has 0 N–H and O–H groups in total. The van der Waals surface area contributed by atoms with Crippen LogP contribution < -0.4 is 0 Å². The summed E-state index contributed by atoms with van der Waals surface area (Å²) in [5.74, 6) is 0.843. The number of hydrogen-bond donors (Lipinski definition) is 0. The van der Waals surface area contributed by atoms with E-state index in [1.54, 1.807) is 40.8 Å². The molecule has 0 atom stereocenters. The summed E-state index contributed by atoms with van der Waals surface area (Å²) in [6, 6.07) is 8.54. The molecule has 0 aliphatic carbocycles. The summed E-state index contributed by atoms with van der Waals surface area (Å²) in [4.78, 5) is 8.68. The number of halogens is 1. The molecule has 146 valence electrons. The molecule has 0 bridgehead atoms. The van der Waals surface area contributed by atoms with Gasteiger partial charge in [-0.05, 0) is 36.6 Å². The van der Waals surface area contributed by atoms with Gasteiger partial charge in [-0.15, -0.1) is 0 Å². The third-order valence-electron chi connectivity index (χ3n) is 4.66. The van der Waals surface area contributed by atoms with Crippen molar-refractivity contribution in [1.29, 1.82) is 0 Å². The van der Waals surface area contributed by atoms with Crippen LogP contribution in [0.4, 0.5) is 0 Å². The number of pyridine rings is 1. The van der Waals surface area contributed by atoms with Crippen molar-refractivity contribution < 1.29 is 12.9 Å². The van der Waals surface area contributed by atoms with Gasteiger partial charge in [-0.25, -0.2) is 8.42 Å². The Balaban J connectivity index is 1.48. The topological polar surface area (TPSA) is 89.2 Å². The molecule has 1 aromatic carbocycles. The number of sulfonamides is 1. The Hall–Kier alpha value is -2.29. The lowest BCUT2D eigenvalue weighted by Crippen LogP contribution is -2.35. The minimum absolute atomic E-state index is 0.314. The number of hydrogen-bond acceptors (Lipinski definition) is 6. The standard InChI is InChI=1S/C19H19ClN4O3S/c20-16-11-15(12-21-13-16)19-22-18(27-23-19)10-14-4-6-17(7-5-14)28(25,26)24-8-2-1-3-9-24/h4-7,11-13H,1-3,8-10H2. The van der Waals surface area contributed by atoms with E-state index in [-0.39, 0.29) is 0 Å². The highest BCUT2D eigenvalue weighted by Crippen LogP contribution is 2.22. The van der Waals surface area contributed by atoms with E-state index in [1.165, 1.54) is 6.20 Å². The average Bonchev–Trinajstić information content (AvgIpc) is 3.18. The fourth-order valence-corrected chi connectivity index (χ4v) is 4.88. The first-order chi connectivity index (χ1) is 13.5. The second-order valence-electron chi connectivity index (χ2n) is 6.69. The quantitative estimate of drug-likeness (QED) is 0.629. The second kappa shape index (κ2) is 7.98. The van der Waals surface area contributed by atoms with Gasteiger partial charge in [0.15, 0.2) is 0 Å². The normalized spacial score (nSPS) is 15.6. The summed E-state index contributed by atoms with van der Waals surface area (Å²) >= 11 is 5.94. The van der Waals surface area contributed by atoms with Gasteiger partial charge in [0.2, 0.25) is 21.7 Å². The first-order valence-electron chi connectivity index (χ1n) is 9.05. The molecule has 3 heterocycles. The van der Waals surface area contributed by atoms with Crippen molar-refractivity contribution in [3.63, 3.8) is 0 Å². The Morgan fingerprint density at radius 2 is 1.82 bits per heavy atom. The van der Waals surface area contributed by atoms with E-state index >= 15 is 0 Å². The molecular formula is C19H19ClN4O3S. The molecule has 1 aliphatic heterocycles. The van der Waals surface area contributed by atoms with E-state index in [9.17, 15) is 8.42 Å². The van der Waals surface area contributed by atoms with Gasteiger partial charge in [-0.2, -0.15) is 9.29 Å². The highest BCUT2D eigenvalue weighted by Gasteiger charge is 2.25. The molecule has 1 fully saturated rings. The lowest BCUT2D eigenvalue weighted by atomic mass is 10.1. The molecule has 1 aliphatic rings. The summed E-state index contributed by atoms with van der Waals surface area (Å²) in [5.41, 5.74) is 1.56.